The lowest BCUT2D eigenvalue weighted by Gasteiger charge is -2.31. The van der Waals surface area contributed by atoms with Gasteiger partial charge in [-0.05, 0) is 46.2 Å². The summed E-state index contributed by atoms with van der Waals surface area (Å²) in [5.41, 5.74) is 1.19. The van der Waals surface area contributed by atoms with Crippen LogP contribution in [0.4, 0.5) is 0 Å². The lowest BCUT2D eigenvalue weighted by Crippen LogP contribution is -2.38. The van der Waals surface area contributed by atoms with Crippen molar-refractivity contribution in [2.75, 3.05) is 13.6 Å². The standard InChI is InChI=1S/C19H30N4O2/c1-14-20-12-15(18(22-14)16-7-6-10-23(16)2)13-21-17(24)11-19(25)8-4-3-5-9-19/h12,16,25H,3-11,13H2,1-2H3,(H,21,24). The molecule has 1 aromatic rings. The maximum absolute atomic E-state index is 12.3. The van der Waals surface area contributed by atoms with Crippen LogP contribution in [0.1, 0.15) is 74.5 Å². The molecule has 1 saturated heterocycles. The normalized spacial score (nSPS) is 23.6. The molecule has 0 aromatic carbocycles. The topological polar surface area (TPSA) is 78.3 Å². The van der Waals surface area contributed by atoms with Gasteiger partial charge in [-0.3, -0.25) is 9.69 Å². The monoisotopic (exact) mass is 346 g/mol. The molecule has 25 heavy (non-hydrogen) atoms. The number of nitrogens with zero attached hydrogens (tertiary/aromatic N) is 3. The molecule has 3 rings (SSSR count). The van der Waals surface area contributed by atoms with Crippen LogP contribution in [0.3, 0.4) is 0 Å². The Morgan fingerprint density at radius 3 is 2.80 bits per heavy atom. The smallest absolute Gasteiger partial charge is 0.223 e. The highest BCUT2D eigenvalue weighted by atomic mass is 16.3. The van der Waals surface area contributed by atoms with E-state index in [9.17, 15) is 9.90 Å². The Bertz CT molecular complexity index is 613. The molecule has 2 aliphatic rings. The Kier molecular flexibility index (Phi) is 5.69. The second-order valence-electron chi connectivity index (χ2n) is 7.70. The number of likely N-dealkylation sites (tertiary alicyclic amines) is 1. The van der Waals surface area contributed by atoms with Crippen LogP contribution < -0.4 is 5.32 Å². The maximum atomic E-state index is 12.3. The first-order valence-electron chi connectivity index (χ1n) is 9.49. The first-order chi connectivity index (χ1) is 12.0. The molecule has 0 bridgehead atoms. The average molecular weight is 346 g/mol. The summed E-state index contributed by atoms with van der Waals surface area (Å²) in [6, 6.07) is 0.302. The van der Waals surface area contributed by atoms with Gasteiger partial charge in [0.25, 0.3) is 0 Å². The Labute approximate surface area is 150 Å². The number of carbonyl (C=O) groups is 1. The lowest BCUT2D eigenvalue weighted by atomic mass is 9.82. The van der Waals surface area contributed by atoms with Gasteiger partial charge in [-0.15, -0.1) is 0 Å². The average Bonchev–Trinajstić information content (AvgIpc) is 3.00. The van der Waals surface area contributed by atoms with Crippen molar-refractivity contribution in [3.63, 3.8) is 0 Å². The van der Waals surface area contributed by atoms with Crippen LogP contribution in [0.15, 0.2) is 6.20 Å². The number of rotatable bonds is 5. The second kappa shape index (κ2) is 7.79. The minimum atomic E-state index is -0.819. The molecule has 1 aromatic heterocycles. The van der Waals surface area contributed by atoms with Gasteiger partial charge in [0.05, 0.1) is 23.8 Å². The molecule has 6 nitrogen and oxygen atoms in total. The van der Waals surface area contributed by atoms with Gasteiger partial charge >= 0.3 is 0 Å². The van der Waals surface area contributed by atoms with Crippen molar-refractivity contribution in [2.24, 2.45) is 0 Å². The Morgan fingerprint density at radius 2 is 2.12 bits per heavy atom. The number of hydrogen-bond donors (Lipinski definition) is 2. The predicted octanol–water partition coefficient (Wildman–Crippen LogP) is 2.25. The van der Waals surface area contributed by atoms with E-state index >= 15 is 0 Å². The van der Waals surface area contributed by atoms with Crippen LogP contribution in [-0.2, 0) is 11.3 Å². The summed E-state index contributed by atoms with van der Waals surface area (Å²) in [5, 5.41) is 13.5. The van der Waals surface area contributed by atoms with Gasteiger partial charge < -0.3 is 10.4 Å². The van der Waals surface area contributed by atoms with Crippen LogP contribution in [0.25, 0.3) is 0 Å². The minimum Gasteiger partial charge on any atom is -0.389 e. The quantitative estimate of drug-likeness (QED) is 0.855. The third-order valence-corrected chi connectivity index (χ3v) is 5.60. The van der Waals surface area contributed by atoms with E-state index in [0.29, 0.717) is 12.6 Å². The van der Waals surface area contributed by atoms with E-state index in [0.717, 1.165) is 62.2 Å². The molecule has 0 spiro atoms. The zero-order valence-electron chi connectivity index (χ0n) is 15.4. The molecule has 1 aliphatic heterocycles. The van der Waals surface area contributed by atoms with Gasteiger partial charge in [0.1, 0.15) is 5.82 Å². The number of aromatic nitrogens is 2. The summed E-state index contributed by atoms with van der Waals surface area (Å²) in [6.45, 7) is 3.40. The molecule has 1 amide bonds. The van der Waals surface area contributed by atoms with E-state index in [1.54, 1.807) is 0 Å². The Hall–Kier alpha value is -1.53. The van der Waals surface area contributed by atoms with Crippen molar-refractivity contribution in [2.45, 2.75) is 76.5 Å². The molecule has 138 valence electrons. The highest BCUT2D eigenvalue weighted by molar-refractivity contribution is 5.77. The molecule has 1 saturated carbocycles. The molecule has 2 N–H and O–H groups in total. The van der Waals surface area contributed by atoms with Crippen molar-refractivity contribution in [3.8, 4) is 0 Å². The first kappa shape index (κ1) is 18.3. The second-order valence-corrected chi connectivity index (χ2v) is 7.70. The molecule has 2 fully saturated rings. The predicted molar refractivity (Wildman–Crippen MR) is 95.9 cm³/mol. The van der Waals surface area contributed by atoms with Gasteiger partial charge in [-0.25, -0.2) is 9.97 Å². The summed E-state index contributed by atoms with van der Waals surface area (Å²) in [6.07, 6.45) is 8.91. The number of aryl methyl sites for hydroxylation is 1. The van der Waals surface area contributed by atoms with Gasteiger partial charge in [0.2, 0.25) is 5.91 Å². The third kappa shape index (κ3) is 4.55. The molecule has 6 heteroatoms. The van der Waals surface area contributed by atoms with Crippen LogP contribution >= 0.6 is 0 Å². The zero-order valence-corrected chi connectivity index (χ0v) is 15.4. The van der Waals surface area contributed by atoms with Gasteiger partial charge in [-0.1, -0.05) is 19.3 Å². The third-order valence-electron chi connectivity index (χ3n) is 5.60. The highest BCUT2D eigenvalue weighted by Gasteiger charge is 2.32. The summed E-state index contributed by atoms with van der Waals surface area (Å²) < 4.78 is 0. The summed E-state index contributed by atoms with van der Waals surface area (Å²) in [4.78, 5) is 23.6. The fourth-order valence-electron chi connectivity index (χ4n) is 4.13. The Morgan fingerprint density at radius 1 is 1.36 bits per heavy atom. The van der Waals surface area contributed by atoms with Crippen LogP contribution in [0.2, 0.25) is 0 Å². The van der Waals surface area contributed by atoms with Crippen molar-refractivity contribution < 1.29 is 9.90 Å². The van der Waals surface area contributed by atoms with Gasteiger partial charge in [0, 0.05) is 18.3 Å². The number of hydrogen-bond acceptors (Lipinski definition) is 5. The van der Waals surface area contributed by atoms with Crippen LogP contribution in [0, 0.1) is 6.92 Å². The van der Waals surface area contributed by atoms with E-state index in [1.165, 1.54) is 6.42 Å². The van der Waals surface area contributed by atoms with Crippen LogP contribution in [-0.4, -0.2) is 45.1 Å². The van der Waals surface area contributed by atoms with E-state index in [2.05, 4.69) is 27.2 Å². The van der Waals surface area contributed by atoms with Crippen LogP contribution in [0.5, 0.6) is 0 Å². The molecule has 1 atom stereocenters. The molecule has 0 radical (unpaired) electrons. The number of aliphatic hydroxyl groups is 1. The molecular formula is C19H30N4O2. The summed E-state index contributed by atoms with van der Waals surface area (Å²) in [5.74, 6) is 0.678. The first-order valence-corrected chi connectivity index (χ1v) is 9.49. The molecule has 1 aliphatic carbocycles. The van der Waals surface area contributed by atoms with Gasteiger partial charge in [-0.2, -0.15) is 0 Å². The summed E-state index contributed by atoms with van der Waals surface area (Å²) >= 11 is 0. The van der Waals surface area contributed by atoms with Crippen molar-refractivity contribution in [3.05, 3.63) is 23.3 Å². The fourth-order valence-corrected chi connectivity index (χ4v) is 4.13. The molecule has 2 heterocycles. The Balaban J connectivity index is 1.63. The van der Waals surface area contributed by atoms with E-state index in [4.69, 9.17) is 0 Å². The van der Waals surface area contributed by atoms with E-state index < -0.39 is 5.60 Å². The molecular weight excluding hydrogens is 316 g/mol. The minimum absolute atomic E-state index is 0.0873. The van der Waals surface area contributed by atoms with E-state index in [-0.39, 0.29) is 12.3 Å². The lowest BCUT2D eigenvalue weighted by molar-refractivity contribution is -0.127. The SMILES string of the molecule is Cc1ncc(CNC(=O)CC2(O)CCCCC2)c(C2CCCN2C)n1. The largest absolute Gasteiger partial charge is 0.389 e. The van der Waals surface area contributed by atoms with Crippen molar-refractivity contribution >= 4 is 5.91 Å². The number of nitrogens with one attached hydrogen (secondary N) is 1. The van der Waals surface area contributed by atoms with E-state index in [1.807, 2.05) is 13.1 Å². The maximum Gasteiger partial charge on any atom is 0.223 e. The number of amides is 1. The number of carbonyl (C=O) groups excluding carboxylic acids is 1. The van der Waals surface area contributed by atoms with Crippen molar-refractivity contribution in [1.82, 2.24) is 20.2 Å². The van der Waals surface area contributed by atoms with Crippen molar-refractivity contribution in [1.29, 1.82) is 0 Å². The highest BCUT2D eigenvalue weighted by Crippen LogP contribution is 2.32. The summed E-state index contributed by atoms with van der Waals surface area (Å²) in [7, 11) is 2.12. The fraction of sp³-hybridized carbons (Fsp3) is 0.737. The van der Waals surface area contributed by atoms with Gasteiger partial charge in [0.15, 0.2) is 0 Å². The molecule has 1 unspecified atom stereocenters. The zero-order chi connectivity index (χ0) is 17.9.